The van der Waals surface area contributed by atoms with Crippen molar-refractivity contribution in [1.29, 1.82) is 0 Å². The van der Waals surface area contributed by atoms with Gasteiger partial charge in [-0.2, -0.15) is 0 Å². The fraction of sp³-hybridized carbons (Fsp3) is 0.765. The number of halogens is 1. The highest BCUT2D eigenvalue weighted by Gasteiger charge is 2.33. The van der Waals surface area contributed by atoms with Gasteiger partial charge in [0, 0.05) is 31.7 Å². The molecule has 0 aliphatic carbocycles. The average Bonchev–Trinajstić information content (AvgIpc) is 3.04. The zero-order valence-electron chi connectivity index (χ0n) is 15.1. The number of guanidine groups is 1. The van der Waals surface area contributed by atoms with Crippen LogP contribution in [0.3, 0.4) is 0 Å². The van der Waals surface area contributed by atoms with Crippen LogP contribution < -0.4 is 5.32 Å². The van der Waals surface area contributed by atoms with E-state index in [-0.39, 0.29) is 24.0 Å². The first kappa shape index (κ1) is 20.3. The Balaban J connectivity index is 0.00000264. The molecule has 1 fully saturated rings. The van der Waals surface area contributed by atoms with Gasteiger partial charge in [-0.05, 0) is 45.4 Å². The molecule has 1 saturated heterocycles. The summed E-state index contributed by atoms with van der Waals surface area (Å²) in [5.41, 5.74) is 2.61. The summed E-state index contributed by atoms with van der Waals surface area (Å²) < 4.78 is 5.22. The lowest BCUT2D eigenvalue weighted by atomic mass is 9.87. The predicted molar refractivity (Wildman–Crippen MR) is 106 cm³/mol. The number of hydrogen-bond acceptors (Lipinski definition) is 3. The van der Waals surface area contributed by atoms with Crippen LogP contribution in [0.2, 0.25) is 0 Å². The van der Waals surface area contributed by atoms with E-state index in [1.807, 2.05) is 13.8 Å². The molecule has 1 aromatic heterocycles. The number of likely N-dealkylation sites (tertiary alicyclic amines) is 1. The molecule has 23 heavy (non-hydrogen) atoms. The van der Waals surface area contributed by atoms with Gasteiger partial charge in [0.15, 0.2) is 5.96 Å². The van der Waals surface area contributed by atoms with Crippen molar-refractivity contribution in [3.05, 3.63) is 17.0 Å². The summed E-state index contributed by atoms with van der Waals surface area (Å²) in [6.45, 7) is 14.6. The van der Waals surface area contributed by atoms with Gasteiger partial charge >= 0.3 is 0 Å². The van der Waals surface area contributed by atoms with E-state index in [4.69, 9.17) is 9.52 Å². The van der Waals surface area contributed by atoms with E-state index in [0.717, 1.165) is 50.0 Å². The average molecular weight is 434 g/mol. The standard InChI is InChI=1S/C17H30N4O.HI/c1-6-17(5)9-11-21(12-17)16(18-7-2)19-10-8-15-13(3)20-22-14(15)4;/h6-12H2,1-5H3,(H,18,19);1H. The molecule has 0 amide bonds. The molecule has 2 rings (SSSR count). The first-order valence-corrected chi connectivity index (χ1v) is 8.44. The number of aromatic nitrogens is 1. The van der Waals surface area contributed by atoms with Gasteiger partial charge in [0.25, 0.3) is 0 Å². The van der Waals surface area contributed by atoms with Crippen LogP contribution >= 0.6 is 24.0 Å². The Bertz CT molecular complexity index is 509. The Morgan fingerprint density at radius 1 is 1.39 bits per heavy atom. The molecule has 1 unspecified atom stereocenters. The molecule has 6 heteroatoms. The van der Waals surface area contributed by atoms with Gasteiger partial charge in [-0.3, -0.25) is 4.99 Å². The third-order valence-electron chi connectivity index (χ3n) is 4.85. The van der Waals surface area contributed by atoms with Crippen molar-refractivity contribution in [3.8, 4) is 0 Å². The van der Waals surface area contributed by atoms with Crippen LogP contribution in [-0.4, -0.2) is 42.2 Å². The van der Waals surface area contributed by atoms with Crippen molar-refractivity contribution in [1.82, 2.24) is 15.4 Å². The Morgan fingerprint density at radius 2 is 2.13 bits per heavy atom. The summed E-state index contributed by atoms with van der Waals surface area (Å²) >= 11 is 0. The van der Waals surface area contributed by atoms with Crippen molar-refractivity contribution in [2.45, 2.75) is 53.9 Å². The van der Waals surface area contributed by atoms with E-state index in [2.05, 4.69) is 36.1 Å². The van der Waals surface area contributed by atoms with Crippen molar-refractivity contribution < 1.29 is 4.52 Å². The highest BCUT2D eigenvalue weighted by Crippen LogP contribution is 2.32. The second-order valence-electron chi connectivity index (χ2n) is 6.62. The van der Waals surface area contributed by atoms with Gasteiger partial charge in [0.1, 0.15) is 5.76 Å². The van der Waals surface area contributed by atoms with E-state index in [1.165, 1.54) is 18.4 Å². The van der Waals surface area contributed by atoms with Crippen LogP contribution in [0.5, 0.6) is 0 Å². The highest BCUT2D eigenvalue weighted by molar-refractivity contribution is 14.0. The number of hydrogen-bond donors (Lipinski definition) is 1. The quantitative estimate of drug-likeness (QED) is 0.438. The lowest BCUT2D eigenvalue weighted by Crippen LogP contribution is -2.41. The van der Waals surface area contributed by atoms with Crippen LogP contribution in [0.25, 0.3) is 0 Å². The van der Waals surface area contributed by atoms with Gasteiger partial charge in [-0.25, -0.2) is 0 Å². The molecule has 1 aliphatic rings. The minimum absolute atomic E-state index is 0. The molecule has 0 aromatic carbocycles. The number of nitrogens with zero attached hydrogens (tertiary/aromatic N) is 3. The molecule has 5 nitrogen and oxygen atoms in total. The summed E-state index contributed by atoms with van der Waals surface area (Å²) in [7, 11) is 0. The Hall–Kier alpha value is -0.790. The SMILES string of the molecule is CCNC(=NCCc1c(C)noc1C)N1CCC(C)(CC)C1.I. The first-order chi connectivity index (χ1) is 10.5. The van der Waals surface area contributed by atoms with Crippen LogP contribution in [-0.2, 0) is 6.42 Å². The number of aliphatic imine (C=N–C) groups is 1. The van der Waals surface area contributed by atoms with Crippen LogP contribution in [0.4, 0.5) is 0 Å². The fourth-order valence-electron chi connectivity index (χ4n) is 3.05. The second-order valence-corrected chi connectivity index (χ2v) is 6.62. The molecule has 1 aliphatic heterocycles. The Kier molecular flexibility index (Phi) is 7.83. The Morgan fingerprint density at radius 3 is 2.65 bits per heavy atom. The monoisotopic (exact) mass is 434 g/mol. The number of nitrogens with one attached hydrogen (secondary N) is 1. The van der Waals surface area contributed by atoms with Crippen molar-refractivity contribution in [2.24, 2.45) is 10.4 Å². The molecule has 132 valence electrons. The third-order valence-corrected chi connectivity index (χ3v) is 4.85. The number of aryl methyl sites for hydroxylation is 2. The molecule has 0 saturated carbocycles. The van der Waals surface area contributed by atoms with Gasteiger partial charge in [-0.15, -0.1) is 24.0 Å². The lowest BCUT2D eigenvalue weighted by molar-refractivity contribution is 0.322. The van der Waals surface area contributed by atoms with E-state index in [1.54, 1.807) is 0 Å². The van der Waals surface area contributed by atoms with Gasteiger partial charge < -0.3 is 14.7 Å². The normalized spacial score (nSPS) is 21.4. The highest BCUT2D eigenvalue weighted by atomic mass is 127. The van der Waals surface area contributed by atoms with Gasteiger partial charge in [-0.1, -0.05) is 19.0 Å². The van der Waals surface area contributed by atoms with Crippen molar-refractivity contribution >= 4 is 29.9 Å². The lowest BCUT2D eigenvalue weighted by Gasteiger charge is -2.25. The maximum atomic E-state index is 5.22. The van der Waals surface area contributed by atoms with Gasteiger partial charge in [0.05, 0.1) is 5.69 Å². The minimum Gasteiger partial charge on any atom is -0.361 e. The topological polar surface area (TPSA) is 53.7 Å². The van der Waals surface area contributed by atoms with Crippen LogP contribution in [0.1, 0.15) is 50.6 Å². The van der Waals surface area contributed by atoms with E-state index in [0.29, 0.717) is 5.41 Å². The zero-order chi connectivity index (χ0) is 16.2. The summed E-state index contributed by atoms with van der Waals surface area (Å²) in [5, 5.41) is 7.44. The smallest absolute Gasteiger partial charge is 0.193 e. The Labute approximate surface area is 157 Å². The molecular formula is C17H31IN4O. The predicted octanol–water partition coefficient (Wildman–Crippen LogP) is 3.54. The fourth-order valence-corrected chi connectivity index (χ4v) is 3.05. The largest absolute Gasteiger partial charge is 0.361 e. The summed E-state index contributed by atoms with van der Waals surface area (Å²) in [6, 6.07) is 0. The molecule has 1 atom stereocenters. The summed E-state index contributed by atoms with van der Waals surface area (Å²) in [4.78, 5) is 7.22. The number of rotatable bonds is 5. The van der Waals surface area contributed by atoms with E-state index >= 15 is 0 Å². The molecule has 0 bridgehead atoms. The van der Waals surface area contributed by atoms with Gasteiger partial charge in [0.2, 0.25) is 0 Å². The van der Waals surface area contributed by atoms with E-state index < -0.39 is 0 Å². The van der Waals surface area contributed by atoms with Crippen molar-refractivity contribution in [2.75, 3.05) is 26.2 Å². The molecule has 0 radical (unpaired) electrons. The minimum atomic E-state index is 0. The second kappa shape index (κ2) is 8.89. The third kappa shape index (κ3) is 5.09. The molecule has 2 heterocycles. The summed E-state index contributed by atoms with van der Waals surface area (Å²) in [5.74, 6) is 1.96. The zero-order valence-corrected chi connectivity index (χ0v) is 17.4. The molecule has 0 spiro atoms. The van der Waals surface area contributed by atoms with Crippen LogP contribution in [0.15, 0.2) is 9.52 Å². The van der Waals surface area contributed by atoms with E-state index in [9.17, 15) is 0 Å². The molecular weight excluding hydrogens is 403 g/mol. The molecule has 1 aromatic rings. The maximum Gasteiger partial charge on any atom is 0.193 e. The first-order valence-electron chi connectivity index (χ1n) is 8.44. The summed E-state index contributed by atoms with van der Waals surface area (Å²) in [6.07, 6.45) is 3.36. The van der Waals surface area contributed by atoms with Crippen molar-refractivity contribution in [3.63, 3.8) is 0 Å². The molecule has 1 N–H and O–H groups in total. The maximum absolute atomic E-state index is 5.22. The van der Waals surface area contributed by atoms with Crippen LogP contribution in [0, 0.1) is 19.3 Å².